The van der Waals surface area contributed by atoms with E-state index < -0.39 is 34.9 Å². The smallest absolute Gasteiger partial charge is 0.341 e. The summed E-state index contributed by atoms with van der Waals surface area (Å²) in [7, 11) is 0. The summed E-state index contributed by atoms with van der Waals surface area (Å²) in [6, 6.07) is 3.35. The summed E-state index contributed by atoms with van der Waals surface area (Å²) >= 11 is 0. The number of pyridine rings is 1. The highest BCUT2D eigenvalue weighted by atomic mass is 19.2. The second kappa shape index (κ2) is 4.97. The van der Waals surface area contributed by atoms with Gasteiger partial charge in [-0.05, 0) is 18.2 Å². The van der Waals surface area contributed by atoms with Crippen LogP contribution in [0.15, 0.2) is 30.5 Å². The van der Waals surface area contributed by atoms with Gasteiger partial charge in [-0.2, -0.15) is 0 Å². The minimum Gasteiger partial charge on any atom is -0.477 e. The number of hydrogen-bond acceptors (Lipinski definition) is 3. The molecule has 1 aromatic heterocycles. The lowest BCUT2D eigenvalue weighted by Gasteiger charge is -2.07. The third-order valence-corrected chi connectivity index (χ3v) is 2.15. The van der Waals surface area contributed by atoms with Crippen LogP contribution >= 0.6 is 0 Å². The molecule has 1 aromatic carbocycles. The fourth-order valence-corrected chi connectivity index (χ4v) is 1.31. The Bertz CT molecular complexity index is 646. The zero-order valence-electron chi connectivity index (χ0n) is 9.23. The van der Waals surface area contributed by atoms with Crippen LogP contribution in [0.4, 0.5) is 13.2 Å². The maximum Gasteiger partial charge on any atom is 0.341 e. The number of hydrogen-bond donors (Lipinski definition) is 1. The quantitative estimate of drug-likeness (QED) is 0.930. The Kier molecular flexibility index (Phi) is 3.37. The molecule has 0 aliphatic rings. The lowest BCUT2D eigenvalue weighted by Crippen LogP contribution is -2.03. The van der Waals surface area contributed by atoms with Crippen molar-refractivity contribution in [3.8, 4) is 11.6 Å². The fourth-order valence-electron chi connectivity index (χ4n) is 1.31. The van der Waals surface area contributed by atoms with Gasteiger partial charge in [0, 0.05) is 6.07 Å². The Hall–Kier alpha value is -2.57. The summed E-state index contributed by atoms with van der Waals surface area (Å²) in [5, 5.41) is 8.85. The topological polar surface area (TPSA) is 59.4 Å². The van der Waals surface area contributed by atoms with E-state index in [0.29, 0.717) is 6.07 Å². The van der Waals surface area contributed by atoms with Crippen molar-refractivity contribution in [1.29, 1.82) is 0 Å². The molecule has 0 spiro atoms. The van der Waals surface area contributed by atoms with Gasteiger partial charge < -0.3 is 9.84 Å². The highest BCUT2D eigenvalue weighted by molar-refractivity contribution is 5.90. The van der Waals surface area contributed by atoms with Gasteiger partial charge in [-0.3, -0.25) is 0 Å². The van der Waals surface area contributed by atoms with E-state index in [2.05, 4.69) is 4.98 Å². The maximum atomic E-state index is 13.0. The van der Waals surface area contributed by atoms with E-state index in [1.165, 1.54) is 0 Å². The van der Waals surface area contributed by atoms with Crippen LogP contribution in [0.1, 0.15) is 10.4 Å². The van der Waals surface area contributed by atoms with Crippen LogP contribution in [0.2, 0.25) is 0 Å². The van der Waals surface area contributed by atoms with Crippen molar-refractivity contribution in [3.63, 3.8) is 0 Å². The van der Waals surface area contributed by atoms with E-state index >= 15 is 0 Å². The molecule has 0 aliphatic carbocycles. The number of carboxylic acid groups (broad SMARTS) is 1. The van der Waals surface area contributed by atoms with Crippen molar-refractivity contribution in [2.45, 2.75) is 0 Å². The number of rotatable bonds is 3. The van der Waals surface area contributed by atoms with Gasteiger partial charge in [0.15, 0.2) is 11.6 Å². The highest BCUT2D eigenvalue weighted by Gasteiger charge is 2.15. The number of carboxylic acids is 1. The summed E-state index contributed by atoms with van der Waals surface area (Å²) in [4.78, 5) is 14.3. The minimum atomic E-state index is -1.45. The molecule has 0 fully saturated rings. The van der Waals surface area contributed by atoms with Crippen molar-refractivity contribution in [2.75, 3.05) is 0 Å². The monoisotopic (exact) mass is 269 g/mol. The first kappa shape index (κ1) is 12.9. The molecule has 2 rings (SSSR count). The molecule has 19 heavy (non-hydrogen) atoms. The van der Waals surface area contributed by atoms with Gasteiger partial charge >= 0.3 is 5.97 Å². The second-order valence-electron chi connectivity index (χ2n) is 3.49. The van der Waals surface area contributed by atoms with Crippen LogP contribution in [0.3, 0.4) is 0 Å². The molecule has 0 radical (unpaired) electrons. The Morgan fingerprint density at radius 1 is 1.16 bits per heavy atom. The lowest BCUT2D eigenvalue weighted by molar-refractivity contribution is 0.0692. The van der Waals surface area contributed by atoms with Gasteiger partial charge in [-0.1, -0.05) is 0 Å². The maximum absolute atomic E-state index is 13.0. The summed E-state index contributed by atoms with van der Waals surface area (Å²) < 4.78 is 43.5. The zero-order chi connectivity index (χ0) is 14.0. The average molecular weight is 269 g/mol. The summed E-state index contributed by atoms with van der Waals surface area (Å²) in [5.74, 6) is -5.10. The molecule has 2 aromatic rings. The molecule has 0 unspecified atom stereocenters. The standard InChI is InChI=1S/C12H6F3NO3/c13-6-3-8(12(17)18)11(16-5-6)19-7-1-2-9(14)10(15)4-7/h1-5H,(H,17,18). The van der Waals surface area contributed by atoms with Crippen molar-refractivity contribution in [2.24, 2.45) is 0 Å². The fraction of sp³-hybridized carbons (Fsp3) is 0. The highest BCUT2D eigenvalue weighted by Crippen LogP contribution is 2.25. The van der Waals surface area contributed by atoms with E-state index in [-0.39, 0.29) is 5.75 Å². The van der Waals surface area contributed by atoms with Gasteiger partial charge in [-0.15, -0.1) is 0 Å². The minimum absolute atomic E-state index is 0.152. The van der Waals surface area contributed by atoms with Gasteiger partial charge in [0.2, 0.25) is 5.88 Å². The zero-order valence-corrected chi connectivity index (χ0v) is 9.23. The number of ether oxygens (including phenoxy) is 1. The van der Waals surface area contributed by atoms with Gasteiger partial charge in [0.1, 0.15) is 17.1 Å². The molecule has 0 saturated carbocycles. The van der Waals surface area contributed by atoms with Crippen LogP contribution in [0.25, 0.3) is 0 Å². The first-order chi connectivity index (χ1) is 8.97. The lowest BCUT2D eigenvalue weighted by atomic mass is 10.2. The van der Waals surface area contributed by atoms with Gasteiger partial charge in [0.05, 0.1) is 6.20 Å². The molecule has 0 saturated heterocycles. The summed E-state index contributed by atoms with van der Waals surface area (Å²) in [5.41, 5.74) is -0.523. The van der Waals surface area contributed by atoms with Crippen LogP contribution in [0.5, 0.6) is 11.6 Å². The van der Waals surface area contributed by atoms with Gasteiger partial charge in [-0.25, -0.2) is 22.9 Å². The van der Waals surface area contributed by atoms with E-state index in [1.807, 2.05) is 0 Å². The van der Waals surface area contributed by atoms with Gasteiger partial charge in [0.25, 0.3) is 0 Å². The van der Waals surface area contributed by atoms with Crippen LogP contribution in [-0.2, 0) is 0 Å². The number of halogens is 3. The van der Waals surface area contributed by atoms with E-state index in [1.54, 1.807) is 0 Å². The van der Waals surface area contributed by atoms with Crippen molar-refractivity contribution in [1.82, 2.24) is 4.98 Å². The van der Waals surface area contributed by atoms with Crippen molar-refractivity contribution >= 4 is 5.97 Å². The third kappa shape index (κ3) is 2.82. The molecule has 0 atom stereocenters. The Labute approximate surface area is 105 Å². The number of benzene rings is 1. The van der Waals surface area contributed by atoms with Crippen LogP contribution in [0, 0.1) is 17.5 Å². The molecule has 1 N–H and O–H groups in total. The summed E-state index contributed by atoms with van der Waals surface area (Å²) in [6.45, 7) is 0. The first-order valence-corrected chi connectivity index (χ1v) is 4.99. The van der Waals surface area contributed by atoms with Crippen LogP contribution in [-0.4, -0.2) is 16.1 Å². The average Bonchev–Trinajstić information content (AvgIpc) is 2.36. The SMILES string of the molecule is O=C(O)c1cc(F)cnc1Oc1ccc(F)c(F)c1. The molecular formula is C12H6F3NO3. The molecule has 98 valence electrons. The number of carbonyl (C=O) groups is 1. The molecule has 0 amide bonds. The van der Waals surface area contributed by atoms with Crippen molar-refractivity contribution in [3.05, 3.63) is 53.5 Å². The van der Waals surface area contributed by atoms with Crippen LogP contribution < -0.4 is 4.74 Å². The van der Waals surface area contributed by atoms with E-state index in [9.17, 15) is 18.0 Å². The Balaban J connectivity index is 2.37. The Morgan fingerprint density at radius 2 is 1.89 bits per heavy atom. The molecule has 1 heterocycles. The molecule has 0 aliphatic heterocycles. The number of aromatic carboxylic acids is 1. The Morgan fingerprint density at radius 3 is 2.53 bits per heavy atom. The molecule has 0 bridgehead atoms. The largest absolute Gasteiger partial charge is 0.477 e. The second-order valence-corrected chi connectivity index (χ2v) is 3.49. The predicted octanol–water partition coefficient (Wildman–Crippen LogP) is 2.99. The first-order valence-electron chi connectivity index (χ1n) is 4.99. The predicted molar refractivity (Wildman–Crippen MR) is 57.6 cm³/mol. The van der Waals surface area contributed by atoms with Crippen molar-refractivity contribution < 1.29 is 27.8 Å². The van der Waals surface area contributed by atoms with E-state index in [0.717, 1.165) is 24.4 Å². The normalized spacial score (nSPS) is 10.3. The molecular weight excluding hydrogens is 263 g/mol. The van der Waals surface area contributed by atoms with E-state index in [4.69, 9.17) is 9.84 Å². The number of aromatic nitrogens is 1. The molecule has 7 heteroatoms. The number of nitrogens with zero attached hydrogens (tertiary/aromatic N) is 1. The summed E-state index contributed by atoms with van der Waals surface area (Å²) in [6.07, 6.45) is 0.752. The molecule has 4 nitrogen and oxygen atoms in total. The third-order valence-electron chi connectivity index (χ3n) is 2.15.